The predicted molar refractivity (Wildman–Crippen MR) is 237 cm³/mol. The number of carbonyl (C=O) groups is 7. The SMILES string of the molecule is NC(=O)CN(CC(=O)COCCOCCNC(=O)COCCOCCNC(=O)CC[C@H](NC(=O)CCCCCCCCCCCCCCCCC(=O)O)C(=O)O)Cc1ccc(O)cc1. The van der Waals surface area contributed by atoms with E-state index in [1.165, 1.54) is 50.7 Å². The number of unbranched alkanes of at least 4 members (excludes halogenated alkanes) is 13. The molecule has 0 aliphatic rings. The molecule has 0 heterocycles. The zero-order valence-electron chi connectivity index (χ0n) is 37.7. The summed E-state index contributed by atoms with van der Waals surface area (Å²) in [5.41, 5.74) is 6.11. The van der Waals surface area contributed by atoms with Gasteiger partial charge in [-0.2, -0.15) is 0 Å². The van der Waals surface area contributed by atoms with Crippen molar-refractivity contribution in [2.45, 2.75) is 128 Å². The van der Waals surface area contributed by atoms with Crippen LogP contribution in [0.3, 0.4) is 0 Å². The first kappa shape index (κ1) is 57.3. The number of ketones is 1. The maximum atomic E-state index is 12.3. The smallest absolute Gasteiger partial charge is 0.326 e. The monoisotopic (exact) mass is 910 g/mol. The molecule has 1 aromatic carbocycles. The molecule has 64 heavy (non-hydrogen) atoms. The Morgan fingerprint density at radius 3 is 1.56 bits per heavy atom. The number of hydrogen-bond acceptors (Lipinski definition) is 13. The minimum Gasteiger partial charge on any atom is -0.508 e. The van der Waals surface area contributed by atoms with E-state index >= 15 is 0 Å². The quantitative estimate of drug-likeness (QED) is 0.0463. The van der Waals surface area contributed by atoms with Crippen LogP contribution in [0.25, 0.3) is 0 Å². The number of hydrogen-bond donors (Lipinski definition) is 7. The maximum Gasteiger partial charge on any atom is 0.326 e. The van der Waals surface area contributed by atoms with Crippen molar-refractivity contribution >= 4 is 41.4 Å². The number of aromatic hydroxyl groups is 1. The molecule has 0 bridgehead atoms. The van der Waals surface area contributed by atoms with Crippen LogP contribution in [0.1, 0.15) is 121 Å². The maximum absolute atomic E-state index is 12.3. The lowest BCUT2D eigenvalue weighted by Crippen LogP contribution is -2.41. The average molecular weight is 910 g/mol. The second-order valence-electron chi connectivity index (χ2n) is 15.7. The highest BCUT2D eigenvalue weighted by Gasteiger charge is 2.21. The number of nitrogens with zero attached hydrogens (tertiary/aromatic N) is 1. The third-order valence-corrected chi connectivity index (χ3v) is 9.84. The van der Waals surface area contributed by atoms with E-state index in [1.54, 1.807) is 17.0 Å². The Labute approximate surface area is 377 Å². The summed E-state index contributed by atoms with van der Waals surface area (Å²) in [6.07, 6.45) is 15.4. The highest BCUT2D eigenvalue weighted by atomic mass is 16.5. The van der Waals surface area contributed by atoms with Crippen molar-refractivity contribution in [1.29, 1.82) is 0 Å². The van der Waals surface area contributed by atoms with Gasteiger partial charge in [0.1, 0.15) is 25.0 Å². The molecule has 364 valence electrons. The molecule has 19 heteroatoms. The fraction of sp³-hybridized carbons (Fsp3) is 0.711. The van der Waals surface area contributed by atoms with E-state index in [-0.39, 0.29) is 134 Å². The number of phenolic OH excluding ortho intramolecular Hbond substituents is 1. The molecule has 1 rings (SSSR count). The van der Waals surface area contributed by atoms with Crippen molar-refractivity contribution in [2.24, 2.45) is 5.73 Å². The van der Waals surface area contributed by atoms with E-state index in [0.717, 1.165) is 50.5 Å². The highest BCUT2D eigenvalue weighted by molar-refractivity contribution is 5.84. The van der Waals surface area contributed by atoms with Gasteiger partial charge in [-0.25, -0.2) is 4.79 Å². The van der Waals surface area contributed by atoms with Crippen molar-refractivity contribution in [3.63, 3.8) is 0 Å². The van der Waals surface area contributed by atoms with Gasteiger partial charge in [-0.05, 0) is 37.0 Å². The molecule has 1 aromatic rings. The van der Waals surface area contributed by atoms with Crippen molar-refractivity contribution in [1.82, 2.24) is 20.9 Å². The van der Waals surface area contributed by atoms with Gasteiger partial charge in [0.15, 0.2) is 5.78 Å². The largest absolute Gasteiger partial charge is 0.508 e. The van der Waals surface area contributed by atoms with E-state index in [0.29, 0.717) is 13.0 Å². The minimum absolute atomic E-state index is 0.0364. The molecular weight excluding hydrogens is 835 g/mol. The summed E-state index contributed by atoms with van der Waals surface area (Å²) in [4.78, 5) is 84.1. The Bertz CT molecular complexity index is 1470. The molecule has 0 aliphatic heterocycles. The van der Waals surface area contributed by atoms with Crippen LogP contribution in [-0.2, 0) is 59.1 Å². The number of Topliss-reactive ketones (excluding diaryl/α,β-unsaturated/α-hetero) is 1. The van der Waals surface area contributed by atoms with Crippen molar-refractivity contribution in [3.05, 3.63) is 29.8 Å². The van der Waals surface area contributed by atoms with Gasteiger partial charge in [-0.3, -0.25) is 33.7 Å². The number of aliphatic carboxylic acids is 2. The van der Waals surface area contributed by atoms with Gasteiger partial charge in [-0.1, -0.05) is 89.2 Å². The number of carbonyl (C=O) groups excluding carboxylic acids is 5. The normalized spacial score (nSPS) is 11.6. The Hall–Kier alpha value is -4.69. The Balaban J connectivity index is 1.96. The summed E-state index contributed by atoms with van der Waals surface area (Å²) in [6.45, 7) is 1.30. The summed E-state index contributed by atoms with van der Waals surface area (Å²) in [5.74, 6) is -3.66. The second-order valence-corrected chi connectivity index (χ2v) is 15.7. The fourth-order valence-electron chi connectivity index (χ4n) is 6.48. The van der Waals surface area contributed by atoms with Crippen LogP contribution in [0.4, 0.5) is 0 Å². The summed E-state index contributed by atoms with van der Waals surface area (Å²) in [5, 5.41) is 35.4. The van der Waals surface area contributed by atoms with E-state index in [2.05, 4.69) is 16.0 Å². The van der Waals surface area contributed by atoms with Crippen LogP contribution in [0.2, 0.25) is 0 Å². The first-order valence-electron chi connectivity index (χ1n) is 22.7. The molecule has 0 fully saturated rings. The number of phenols is 1. The summed E-state index contributed by atoms with van der Waals surface area (Å²) in [6, 6.07) is 5.26. The molecular formula is C45H75N5O14. The Kier molecular flexibility index (Phi) is 34.7. The molecule has 1 atom stereocenters. The zero-order chi connectivity index (χ0) is 47.0. The van der Waals surface area contributed by atoms with Crippen molar-refractivity contribution in [2.75, 3.05) is 79.0 Å². The van der Waals surface area contributed by atoms with E-state index < -0.39 is 23.9 Å². The van der Waals surface area contributed by atoms with E-state index in [1.807, 2.05) is 0 Å². The number of primary amides is 1. The van der Waals surface area contributed by atoms with Gasteiger partial charge in [0, 0.05) is 38.9 Å². The van der Waals surface area contributed by atoms with Gasteiger partial charge >= 0.3 is 11.9 Å². The number of carboxylic acid groups (broad SMARTS) is 2. The van der Waals surface area contributed by atoms with Crippen LogP contribution in [0.5, 0.6) is 5.75 Å². The summed E-state index contributed by atoms with van der Waals surface area (Å²) >= 11 is 0. The van der Waals surface area contributed by atoms with Crippen molar-refractivity contribution < 1.29 is 67.8 Å². The van der Waals surface area contributed by atoms with Gasteiger partial charge < -0.3 is 56.0 Å². The molecule has 0 aromatic heterocycles. The third-order valence-electron chi connectivity index (χ3n) is 9.84. The van der Waals surface area contributed by atoms with Crippen molar-refractivity contribution in [3.8, 4) is 5.75 Å². The number of amides is 4. The number of carboxylic acids is 2. The van der Waals surface area contributed by atoms with Gasteiger partial charge in [0.05, 0.1) is 52.7 Å². The van der Waals surface area contributed by atoms with E-state index in [4.69, 9.17) is 29.8 Å². The Morgan fingerprint density at radius 1 is 0.562 bits per heavy atom. The molecule has 0 unspecified atom stereocenters. The number of benzene rings is 1. The molecule has 0 saturated heterocycles. The summed E-state index contributed by atoms with van der Waals surface area (Å²) in [7, 11) is 0. The molecule has 0 aliphatic carbocycles. The second kappa shape index (κ2) is 38.7. The standard InChI is InChI=1S/C45H75N5O14/c46-40(53)33-50(31-36-17-19-37(51)20-18-36)32-38(52)34-63-29-27-62-26-24-48-43(56)35-64-30-28-61-25-23-47-41(54)22-21-39(45(59)60)49-42(55)15-13-11-9-7-5-3-1-2-4-6-8-10-12-14-16-44(57)58/h17-20,39,51H,1-16,21-35H2,(H2,46,53)(H,47,54)(H,48,56)(H,49,55)(H,57,58)(H,59,60)/t39-/m0/s1. The molecule has 8 N–H and O–H groups in total. The predicted octanol–water partition coefficient (Wildman–Crippen LogP) is 3.22. The van der Waals surface area contributed by atoms with Gasteiger partial charge in [-0.15, -0.1) is 0 Å². The fourth-order valence-corrected chi connectivity index (χ4v) is 6.48. The van der Waals surface area contributed by atoms with E-state index in [9.17, 15) is 43.8 Å². The average Bonchev–Trinajstić information content (AvgIpc) is 3.24. The lowest BCUT2D eigenvalue weighted by Gasteiger charge is -2.20. The number of ether oxygens (including phenoxy) is 4. The molecule has 0 radical (unpaired) electrons. The number of nitrogens with one attached hydrogen (secondary N) is 3. The summed E-state index contributed by atoms with van der Waals surface area (Å²) < 4.78 is 21.4. The highest BCUT2D eigenvalue weighted by Crippen LogP contribution is 2.15. The molecule has 0 spiro atoms. The number of rotatable bonds is 44. The number of nitrogens with two attached hydrogens (primary N) is 1. The van der Waals surface area contributed by atoms with Gasteiger partial charge in [0.2, 0.25) is 23.6 Å². The lowest BCUT2D eigenvalue weighted by atomic mass is 10.0. The molecule has 19 nitrogen and oxygen atoms in total. The first-order chi connectivity index (χ1) is 30.8. The van der Waals surface area contributed by atoms with Crippen LogP contribution in [0, 0.1) is 0 Å². The van der Waals surface area contributed by atoms with Crippen LogP contribution >= 0.6 is 0 Å². The topological polar surface area (TPSA) is 282 Å². The van der Waals surface area contributed by atoms with Crippen LogP contribution < -0.4 is 21.7 Å². The lowest BCUT2D eigenvalue weighted by molar-refractivity contribution is -0.142. The Morgan fingerprint density at radius 2 is 1.05 bits per heavy atom. The molecule has 4 amide bonds. The van der Waals surface area contributed by atoms with Crippen LogP contribution in [0.15, 0.2) is 24.3 Å². The zero-order valence-corrected chi connectivity index (χ0v) is 37.7. The van der Waals surface area contributed by atoms with Crippen LogP contribution in [-0.4, -0.2) is 147 Å². The van der Waals surface area contributed by atoms with Gasteiger partial charge in [0.25, 0.3) is 0 Å². The third kappa shape index (κ3) is 35.7. The minimum atomic E-state index is -1.19. The first-order valence-corrected chi connectivity index (χ1v) is 22.7. The molecule has 0 saturated carbocycles.